The van der Waals surface area contributed by atoms with Crippen molar-refractivity contribution < 1.29 is 14.7 Å². The third kappa shape index (κ3) is 2.72. The van der Waals surface area contributed by atoms with Gasteiger partial charge >= 0.3 is 0 Å². The van der Waals surface area contributed by atoms with Crippen LogP contribution in [0.15, 0.2) is 26.0 Å². The first kappa shape index (κ1) is 12.7. The van der Waals surface area contributed by atoms with E-state index in [1.807, 2.05) is 0 Å². The summed E-state index contributed by atoms with van der Waals surface area (Å²) in [7, 11) is 0. The smallest absolute Gasteiger partial charge is 0.290 e. The van der Waals surface area contributed by atoms with Gasteiger partial charge in [-0.05, 0) is 45.9 Å². The number of thioether (sulfide) groups is 1. The van der Waals surface area contributed by atoms with Gasteiger partial charge in [0.05, 0.1) is 9.38 Å². The van der Waals surface area contributed by atoms with Gasteiger partial charge in [0, 0.05) is 10.0 Å². The van der Waals surface area contributed by atoms with Crippen LogP contribution >= 0.6 is 43.6 Å². The lowest BCUT2D eigenvalue weighted by Gasteiger charge is -2.03. The van der Waals surface area contributed by atoms with Crippen molar-refractivity contribution in [1.82, 2.24) is 5.32 Å². The molecule has 1 heterocycles. The summed E-state index contributed by atoms with van der Waals surface area (Å²) in [4.78, 5) is 22.6. The van der Waals surface area contributed by atoms with Gasteiger partial charge in [-0.3, -0.25) is 14.9 Å². The second kappa shape index (κ2) is 4.83. The van der Waals surface area contributed by atoms with Gasteiger partial charge in [0.2, 0.25) is 0 Å². The Labute approximate surface area is 118 Å². The lowest BCUT2D eigenvalue weighted by Crippen LogP contribution is -2.17. The van der Waals surface area contributed by atoms with Crippen LogP contribution in [0, 0.1) is 0 Å². The van der Waals surface area contributed by atoms with E-state index in [2.05, 4.69) is 37.2 Å². The molecule has 0 bridgehead atoms. The fourth-order valence-electron chi connectivity index (χ4n) is 1.26. The number of rotatable bonds is 1. The predicted octanol–water partition coefficient (Wildman–Crippen LogP) is 3.24. The second-order valence-corrected chi connectivity index (χ2v) is 5.96. The molecule has 1 aliphatic rings. The largest absolute Gasteiger partial charge is 0.506 e. The van der Waals surface area contributed by atoms with E-state index in [0.29, 0.717) is 10.0 Å². The Morgan fingerprint density at radius 2 is 2.00 bits per heavy atom. The molecule has 2 N–H and O–H groups in total. The summed E-state index contributed by atoms with van der Waals surface area (Å²) in [5.41, 5.74) is 0.457. The molecule has 1 saturated heterocycles. The molecule has 0 saturated carbocycles. The van der Waals surface area contributed by atoms with E-state index in [-0.39, 0.29) is 10.7 Å². The number of carbonyl (C=O) groups is 2. The van der Waals surface area contributed by atoms with Gasteiger partial charge in [0.15, 0.2) is 0 Å². The fourth-order valence-corrected chi connectivity index (χ4v) is 3.19. The molecule has 1 fully saturated rings. The molecule has 0 unspecified atom stereocenters. The number of hydrogen-bond donors (Lipinski definition) is 2. The molecule has 0 spiro atoms. The fraction of sp³-hybridized carbons (Fsp3) is 0. The molecule has 2 amide bonds. The van der Waals surface area contributed by atoms with E-state index in [0.717, 1.165) is 16.2 Å². The number of imide groups is 1. The topological polar surface area (TPSA) is 66.4 Å². The summed E-state index contributed by atoms with van der Waals surface area (Å²) >= 11 is 7.28. The Kier molecular flexibility index (Phi) is 3.60. The normalized spacial score (nSPS) is 17.6. The molecular formula is C10H5Br2NO3S. The maximum absolute atomic E-state index is 11.3. The van der Waals surface area contributed by atoms with Crippen molar-refractivity contribution in [3.8, 4) is 5.75 Å². The zero-order valence-electron chi connectivity index (χ0n) is 8.16. The van der Waals surface area contributed by atoms with Gasteiger partial charge in [-0.15, -0.1) is 0 Å². The van der Waals surface area contributed by atoms with Crippen LogP contribution in [0.4, 0.5) is 4.79 Å². The average molecular weight is 379 g/mol. The van der Waals surface area contributed by atoms with Crippen molar-refractivity contribution in [2.24, 2.45) is 0 Å². The van der Waals surface area contributed by atoms with Gasteiger partial charge in [-0.2, -0.15) is 0 Å². The van der Waals surface area contributed by atoms with Crippen LogP contribution in [0.5, 0.6) is 5.75 Å². The van der Waals surface area contributed by atoms with Gasteiger partial charge in [0.25, 0.3) is 11.1 Å². The zero-order chi connectivity index (χ0) is 12.6. The number of nitrogens with one attached hydrogen (secondary N) is 1. The van der Waals surface area contributed by atoms with Crippen LogP contribution in [0.1, 0.15) is 5.56 Å². The maximum atomic E-state index is 11.3. The lowest BCUT2D eigenvalue weighted by atomic mass is 10.2. The number of phenolic OH excluding ortho intramolecular Hbond substituents is 1. The van der Waals surface area contributed by atoms with E-state index in [4.69, 9.17) is 0 Å². The minimum atomic E-state index is -0.449. The van der Waals surface area contributed by atoms with Crippen LogP contribution < -0.4 is 5.32 Å². The highest BCUT2D eigenvalue weighted by molar-refractivity contribution is 9.11. The highest BCUT2D eigenvalue weighted by atomic mass is 79.9. The molecule has 0 atom stereocenters. The van der Waals surface area contributed by atoms with Crippen molar-refractivity contribution in [2.75, 3.05) is 0 Å². The maximum Gasteiger partial charge on any atom is 0.290 e. The van der Waals surface area contributed by atoms with Crippen molar-refractivity contribution >= 4 is 60.8 Å². The van der Waals surface area contributed by atoms with Gasteiger partial charge in [-0.25, -0.2) is 0 Å². The predicted molar refractivity (Wildman–Crippen MR) is 72.6 cm³/mol. The monoisotopic (exact) mass is 377 g/mol. The Morgan fingerprint density at radius 3 is 2.59 bits per heavy atom. The number of amides is 2. The van der Waals surface area contributed by atoms with Gasteiger partial charge in [0.1, 0.15) is 5.75 Å². The molecule has 1 aromatic carbocycles. The number of halogens is 2. The highest BCUT2D eigenvalue weighted by Crippen LogP contribution is 2.35. The number of carbonyl (C=O) groups excluding carboxylic acids is 2. The number of benzene rings is 1. The third-order valence-electron chi connectivity index (χ3n) is 1.99. The van der Waals surface area contributed by atoms with Crippen molar-refractivity contribution in [1.29, 1.82) is 0 Å². The van der Waals surface area contributed by atoms with Gasteiger partial charge in [-0.1, -0.05) is 15.9 Å². The SMILES string of the molecule is O=C1NC(=O)C(=Cc2cc(Br)cc(Br)c2O)S1. The molecule has 0 aliphatic carbocycles. The molecule has 4 nitrogen and oxygen atoms in total. The summed E-state index contributed by atoms with van der Waals surface area (Å²) in [6.45, 7) is 0. The minimum Gasteiger partial charge on any atom is -0.506 e. The zero-order valence-corrected chi connectivity index (χ0v) is 12.1. The lowest BCUT2D eigenvalue weighted by molar-refractivity contribution is -0.115. The molecule has 0 radical (unpaired) electrons. The molecule has 0 aromatic heterocycles. The van der Waals surface area contributed by atoms with Gasteiger partial charge < -0.3 is 5.11 Å². The Morgan fingerprint density at radius 1 is 1.29 bits per heavy atom. The summed E-state index contributed by atoms with van der Waals surface area (Å²) in [6.07, 6.45) is 1.47. The summed E-state index contributed by atoms with van der Waals surface area (Å²) in [6, 6.07) is 3.34. The number of phenols is 1. The molecule has 2 rings (SSSR count). The molecule has 7 heteroatoms. The minimum absolute atomic E-state index is 0.0217. The van der Waals surface area contributed by atoms with Crippen molar-refractivity contribution in [3.05, 3.63) is 31.5 Å². The number of hydrogen-bond acceptors (Lipinski definition) is 4. The standard InChI is InChI=1S/C10H5Br2NO3S/c11-5-1-4(8(14)6(12)3-5)2-7-9(15)13-10(16)17-7/h1-3,14H,(H,13,15,16). The summed E-state index contributed by atoms with van der Waals surface area (Å²) < 4.78 is 1.26. The average Bonchev–Trinajstić information content (AvgIpc) is 2.53. The summed E-state index contributed by atoms with van der Waals surface area (Å²) in [5, 5.41) is 11.5. The van der Waals surface area contributed by atoms with E-state index >= 15 is 0 Å². The van der Waals surface area contributed by atoms with Crippen LogP contribution in [-0.4, -0.2) is 16.3 Å². The molecule has 88 valence electrons. The first-order valence-corrected chi connectivity index (χ1v) is 6.80. The summed E-state index contributed by atoms with van der Waals surface area (Å²) in [5.74, 6) is -0.427. The first-order valence-electron chi connectivity index (χ1n) is 4.40. The van der Waals surface area contributed by atoms with E-state index in [9.17, 15) is 14.7 Å². The Hall–Kier alpha value is -0.790. The van der Waals surface area contributed by atoms with Crippen LogP contribution in [0.3, 0.4) is 0 Å². The van der Waals surface area contributed by atoms with Crippen LogP contribution in [0.2, 0.25) is 0 Å². The molecule has 17 heavy (non-hydrogen) atoms. The third-order valence-corrected chi connectivity index (χ3v) is 3.86. The second-order valence-electron chi connectivity index (χ2n) is 3.18. The Balaban J connectivity index is 2.46. The molecule has 1 aromatic rings. The van der Waals surface area contributed by atoms with Crippen molar-refractivity contribution in [2.45, 2.75) is 0 Å². The quantitative estimate of drug-likeness (QED) is 0.736. The van der Waals surface area contributed by atoms with E-state index < -0.39 is 11.1 Å². The van der Waals surface area contributed by atoms with E-state index in [1.54, 1.807) is 12.1 Å². The number of aromatic hydroxyl groups is 1. The highest BCUT2D eigenvalue weighted by Gasteiger charge is 2.25. The molecule has 1 aliphatic heterocycles. The Bertz CT molecular complexity index is 557. The van der Waals surface area contributed by atoms with E-state index in [1.165, 1.54) is 6.08 Å². The first-order chi connectivity index (χ1) is 7.97. The van der Waals surface area contributed by atoms with Crippen molar-refractivity contribution in [3.63, 3.8) is 0 Å². The van der Waals surface area contributed by atoms with Crippen LogP contribution in [0.25, 0.3) is 6.08 Å². The molecular weight excluding hydrogens is 374 g/mol. The van der Waals surface area contributed by atoms with Crippen LogP contribution in [-0.2, 0) is 4.79 Å².